The van der Waals surface area contributed by atoms with Crippen molar-refractivity contribution in [3.05, 3.63) is 47.9 Å². The first-order chi connectivity index (χ1) is 8.72. The van der Waals surface area contributed by atoms with Gasteiger partial charge in [0.15, 0.2) is 0 Å². The van der Waals surface area contributed by atoms with Crippen LogP contribution in [0.1, 0.15) is 11.3 Å². The predicted molar refractivity (Wildman–Crippen MR) is 70.8 cm³/mol. The summed E-state index contributed by atoms with van der Waals surface area (Å²) >= 11 is 1.67. The van der Waals surface area contributed by atoms with Crippen molar-refractivity contribution in [2.24, 2.45) is 0 Å². The molecule has 0 saturated heterocycles. The summed E-state index contributed by atoms with van der Waals surface area (Å²) < 4.78 is 1.76. The van der Waals surface area contributed by atoms with E-state index >= 15 is 0 Å². The lowest BCUT2D eigenvalue weighted by atomic mass is 10.2. The van der Waals surface area contributed by atoms with Crippen molar-refractivity contribution in [3.63, 3.8) is 0 Å². The summed E-state index contributed by atoms with van der Waals surface area (Å²) in [6.45, 7) is 4.05. The zero-order valence-corrected chi connectivity index (χ0v) is 11.0. The number of benzene rings is 1. The first-order valence-corrected chi connectivity index (χ1v) is 6.46. The monoisotopic (exact) mass is 256 g/mol. The SMILES string of the molecule is Cc1ccc(Sc2cc(C)nc3ncnn23)cc1. The molecule has 90 valence electrons. The summed E-state index contributed by atoms with van der Waals surface area (Å²) in [6.07, 6.45) is 1.53. The number of nitrogens with zero attached hydrogens (tertiary/aromatic N) is 4. The maximum absolute atomic E-state index is 4.33. The van der Waals surface area contributed by atoms with E-state index in [2.05, 4.69) is 46.3 Å². The Hall–Kier alpha value is -1.88. The number of fused-ring (bicyclic) bond motifs is 1. The second-order valence-electron chi connectivity index (χ2n) is 4.12. The smallest absolute Gasteiger partial charge is 0.216 e. The van der Waals surface area contributed by atoms with Gasteiger partial charge in [-0.2, -0.15) is 14.6 Å². The van der Waals surface area contributed by atoms with Crippen LogP contribution in [0.4, 0.5) is 0 Å². The molecule has 0 aliphatic heterocycles. The summed E-state index contributed by atoms with van der Waals surface area (Å²) in [6, 6.07) is 10.5. The molecule has 0 bridgehead atoms. The van der Waals surface area contributed by atoms with Gasteiger partial charge in [-0.25, -0.2) is 4.98 Å². The zero-order valence-electron chi connectivity index (χ0n) is 10.2. The Bertz CT molecular complexity index is 688. The molecule has 0 spiro atoms. The number of hydrogen-bond acceptors (Lipinski definition) is 4. The molecule has 2 aromatic heterocycles. The Morgan fingerprint density at radius 2 is 1.89 bits per heavy atom. The Morgan fingerprint density at radius 1 is 1.11 bits per heavy atom. The fourth-order valence-electron chi connectivity index (χ4n) is 1.70. The molecule has 1 aromatic carbocycles. The summed E-state index contributed by atoms with van der Waals surface area (Å²) in [5.74, 6) is 0.643. The van der Waals surface area contributed by atoms with Gasteiger partial charge in [-0.3, -0.25) is 0 Å². The minimum absolute atomic E-state index is 0.643. The Balaban J connectivity index is 2.03. The molecule has 18 heavy (non-hydrogen) atoms. The Kier molecular flexibility index (Phi) is 2.76. The molecule has 3 rings (SSSR count). The van der Waals surface area contributed by atoms with E-state index in [9.17, 15) is 0 Å². The maximum Gasteiger partial charge on any atom is 0.253 e. The molecule has 0 N–H and O–H groups in total. The van der Waals surface area contributed by atoms with Crippen LogP contribution >= 0.6 is 11.8 Å². The van der Waals surface area contributed by atoms with Crippen LogP contribution in [0.5, 0.6) is 0 Å². The average molecular weight is 256 g/mol. The second kappa shape index (κ2) is 4.42. The molecule has 0 aliphatic rings. The molecule has 0 atom stereocenters. The predicted octanol–water partition coefficient (Wildman–Crippen LogP) is 2.89. The highest BCUT2D eigenvalue weighted by Gasteiger charge is 2.07. The summed E-state index contributed by atoms with van der Waals surface area (Å²) in [5.41, 5.74) is 2.21. The zero-order chi connectivity index (χ0) is 12.5. The van der Waals surface area contributed by atoms with E-state index in [0.29, 0.717) is 5.78 Å². The van der Waals surface area contributed by atoms with Crippen LogP contribution in [0.3, 0.4) is 0 Å². The van der Waals surface area contributed by atoms with Crippen LogP contribution < -0.4 is 0 Å². The lowest BCUT2D eigenvalue weighted by Crippen LogP contribution is -1.96. The number of rotatable bonds is 2. The first kappa shape index (κ1) is 11.2. The molecular weight excluding hydrogens is 244 g/mol. The number of aryl methyl sites for hydroxylation is 2. The van der Waals surface area contributed by atoms with Crippen molar-refractivity contribution < 1.29 is 0 Å². The lowest BCUT2D eigenvalue weighted by molar-refractivity contribution is 0.833. The van der Waals surface area contributed by atoms with E-state index in [1.54, 1.807) is 16.3 Å². The average Bonchev–Trinajstić information content (AvgIpc) is 2.80. The minimum atomic E-state index is 0.643. The van der Waals surface area contributed by atoms with Crippen molar-refractivity contribution in [2.75, 3.05) is 0 Å². The fourth-order valence-corrected chi connectivity index (χ4v) is 2.66. The second-order valence-corrected chi connectivity index (χ2v) is 5.22. The van der Waals surface area contributed by atoms with Crippen molar-refractivity contribution >= 4 is 17.5 Å². The van der Waals surface area contributed by atoms with Crippen LogP contribution in [0, 0.1) is 13.8 Å². The highest BCUT2D eigenvalue weighted by atomic mass is 32.2. The van der Waals surface area contributed by atoms with E-state index in [-0.39, 0.29) is 0 Å². The van der Waals surface area contributed by atoms with Gasteiger partial charge in [0.25, 0.3) is 5.78 Å². The molecule has 0 unspecified atom stereocenters. The molecule has 0 fully saturated rings. The van der Waals surface area contributed by atoms with E-state index in [4.69, 9.17) is 0 Å². The van der Waals surface area contributed by atoms with Crippen LogP contribution in [0.2, 0.25) is 0 Å². The highest BCUT2D eigenvalue weighted by molar-refractivity contribution is 7.99. The van der Waals surface area contributed by atoms with Gasteiger partial charge in [-0.05, 0) is 32.0 Å². The quantitative estimate of drug-likeness (QED) is 0.661. The van der Waals surface area contributed by atoms with Crippen molar-refractivity contribution in [1.82, 2.24) is 19.6 Å². The third-order valence-corrected chi connectivity index (χ3v) is 3.60. The number of hydrogen-bond donors (Lipinski definition) is 0. The van der Waals surface area contributed by atoms with Gasteiger partial charge < -0.3 is 0 Å². The molecule has 5 heteroatoms. The van der Waals surface area contributed by atoms with Crippen LogP contribution in [0.15, 0.2) is 46.6 Å². The largest absolute Gasteiger partial charge is 0.253 e. The van der Waals surface area contributed by atoms with Crippen LogP contribution in [0.25, 0.3) is 5.78 Å². The molecule has 3 aromatic rings. The number of aromatic nitrogens is 4. The molecule has 0 amide bonds. The van der Waals surface area contributed by atoms with E-state index in [0.717, 1.165) is 10.7 Å². The van der Waals surface area contributed by atoms with Crippen LogP contribution in [-0.4, -0.2) is 19.6 Å². The van der Waals surface area contributed by atoms with Crippen LogP contribution in [-0.2, 0) is 0 Å². The van der Waals surface area contributed by atoms with E-state index in [1.165, 1.54) is 16.8 Å². The molecule has 0 aliphatic carbocycles. The highest BCUT2D eigenvalue weighted by Crippen LogP contribution is 2.27. The maximum atomic E-state index is 4.33. The van der Waals surface area contributed by atoms with Gasteiger partial charge in [0.05, 0.1) is 0 Å². The van der Waals surface area contributed by atoms with Crippen molar-refractivity contribution in [1.29, 1.82) is 0 Å². The van der Waals surface area contributed by atoms with E-state index in [1.807, 2.05) is 13.0 Å². The first-order valence-electron chi connectivity index (χ1n) is 5.64. The Morgan fingerprint density at radius 3 is 2.67 bits per heavy atom. The summed E-state index contributed by atoms with van der Waals surface area (Å²) in [4.78, 5) is 9.63. The molecule has 0 saturated carbocycles. The van der Waals surface area contributed by atoms with Gasteiger partial charge in [-0.15, -0.1) is 0 Å². The minimum Gasteiger partial charge on any atom is -0.216 e. The van der Waals surface area contributed by atoms with Crippen molar-refractivity contribution in [3.8, 4) is 0 Å². The topological polar surface area (TPSA) is 43.1 Å². The summed E-state index contributed by atoms with van der Waals surface area (Å²) in [5, 5.41) is 5.22. The lowest BCUT2D eigenvalue weighted by Gasteiger charge is -2.05. The molecular formula is C13H12N4S. The molecule has 0 radical (unpaired) electrons. The fraction of sp³-hybridized carbons (Fsp3) is 0.154. The standard InChI is InChI=1S/C13H12N4S/c1-9-3-5-11(6-4-9)18-12-7-10(2)16-13-14-8-15-17(12)13/h3-8H,1-2H3. The van der Waals surface area contributed by atoms with Gasteiger partial charge in [0.1, 0.15) is 11.4 Å². The third-order valence-electron chi connectivity index (χ3n) is 2.59. The van der Waals surface area contributed by atoms with Crippen molar-refractivity contribution in [2.45, 2.75) is 23.8 Å². The van der Waals surface area contributed by atoms with Gasteiger partial charge in [-0.1, -0.05) is 29.5 Å². The molecule has 4 nitrogen and oxygen atoms in total. The van der Waals surface area contributed by atoms with Gasteiger partial charge in [0, 0.05) is 10.6 Å². The van der Waals surface area contributed by atoms with E-state index < -0.39 is 0 Å². The van der Waals surface area contributed by atoms with Gasteiger partial charge in [0.2, 0.25) is 0 Å². The molecule has 2 heterocycles. The third kappa shape index (κ3) is 2.09. The normalized spacial score (nSPS) is 11.0. The van der Waals surface area contributed by atoms with Gasteiger partial charge >= 0.3 is 0 Å². The summed E-state index contributed by atoms with van der Waals surface area (Å²) in [7, 11) is 0. The Labute approximate surface area is 109 Å².